The van der Waals surface area contributed by atoms with E-state index < -0.39 is 0 Å². The van der Waals surface area contributed by atoms with E-state index in [9.17, 15) is 4.79 Å². The van der Waals surface area contributed by atoms with Crippen LogP contribution in [0.4, 0.5) is 0 Å². The molecule has 0 bridgehead atoms. The lowest BCUT2D eigenvalue weighted by Crippen LogP contribution is -2.33. The molecule has 0 radical (unpaired) electrons. The third kappa shape index (κ3) is 3.93. The number of Topliss-reactive ketones (excluding diaryl/α,β-unsaturated/α-hetero) is 1. The second-order valence-corrected chi connectivity index (χ2v) is 6.03. The van der Waals surface area contributed by atoms with Gasteiger partial charge in [-0.1, -0.05) is 12.5 Å². The van der Waals surface area contributed by atoms with Gasteiger partial charge >= 0.3 is 0 Å². The molecular formula is C14H21NOS. The summed E-state index contributed by atoms with van der Waals surface area (Å²) in [7, 11) is 2.13. The zero-order valence-corrected chi connectivity index (χ0v) is 11.3. The fraction of sp³-hybridized carbons (Fsp3) is 0.643. The lowest BCUT2D eigenvalue weighted by Gasteiger charge is -2.25. The quantitative estimate of drug-likeness (QED) is 0.802. The minimum atomic E-state index is 0.303. The van der Waals surface area contributed by atoms with Crippen molar-refractivity contribution in [2.75, 3.05) is 20.1 Å². The Balaban J connectivity index is 1.72. The first-order valence-electron chi connectivity index (χ1n) is 6.49. The lowest BCUT2D eigenvalue weighted by atomic mass is 9.87. The number of rotatable bonds is 5. The molecule has 1 fully saturated rings. The first-order valence-corrected chi connectivity index (χ1v) is 7.37. The maximum Gasteiger partial charge on any atom is 0.137 e. The highest BCUT2D eigenvalue weighted by Gasteiger charge is 2.23. The predicted molar refractivity (Wildman–Crippen MR) is 72.5 cm³/mol. The highest BCUT2D eigenvalue weighted by atomic mass is 32.1. The largest absolute Gasteiger partial charge is 0.305 e. The minimum Gasteiger partial charge on any atom is -0.305 e. The Labute approximate surface area is 108 Å². The Hall–Kier alpha value is -0.670. The Morgan fingerprint density at radius 2 is 2.35 bits per heavy atom. The Morgan fingerprint density at radius 3 is 3.06 bits per heavy atom. The van der Waals surface area contributed by atoms with Gasteiger partial charge in [0.25, 0.3) is 0 Å². The van der Waals surface area contributed by atoms with E-state index in [1.54, 1.807) is 0 Å². The maximum absolute atomic E-state index is 11.7. The van der Waals surface area contributed by atoms with Gasteiger partial charge in [-0.3, -0.25) is 4.79 Å². The molecule has 1 aliphatic carbocycles. The van der Waals surface area contributed by atoms with Crippen molar-refractivity contribution in [3.63, 3.8) is 0 Å². The Bertz CT molecular complexity index is 347. The number of nitrogens with zero attached hydrogens (tertiary/aromatic N) is 1. The molecule has 1 aromatic heterocycles. The zero-order valence-electron chi connectivity index (χ0n) is 10.5. The smallest absolute Gasteiger partial charge is 0.137 e. The van der Waals surface area contributed by atoms with Crippen molar-refractivity contribution in [1.29, 1.82) is 0 Å². The van der Waals surface area contributed by atoms with Gasteiger partial charge in [0.1, 0.15) is 5.78 Å². The van der Waals surface area contributed by atoms with Crippen LogP contribution >= 0.6 is 11.3 Å². The summed E-state index contributed by atoms with van der Waals surface area (Å²) < 4.78 is 0. The fourth-order valence-electron chi connectivity index (χ4n) is 2.47. The second kappa shape index (κ2) is 6.31. The van der Waals surface area contributed by atoms with Gasteiger partial charge in [-0.2, -0.15) is 0 Å². The van der Waals surface area contributed by atoms with Crippen LogP contribution in [0.5, 0.6) is 0 Å². The van der Waals surface area contributed by atoms with E-state index in [1.165, 1.54) is 11.3 Å². The molecule has 0 aliphatic heterocycles. The van der Waals surface area contributed by atoms with Gasteiger partial charge in [-0.15, -0.1) is 11.3 Å². The highest BCUT2D eigenvalue weighted by Crippen LogP contribution is 2.21. The summed E-state index contributed by atoms with van der Waals surface area (Å²) in [6.45, 7) is 2.01. The van der Waals surface area contributed by atoms with Crippen LogP contribution in [-0.4, -0.2) is 30.8 Å². The van der Waals surface area contributed by atoms with E-state index in [0.29, 0.717) is 11.7 Å². The number of hydrogen-bond acceptors (Lipinski definition) is 3. The average Bonchev–Trinajstić information content (AvgIpc) is 2.82. The normalized spacial score (nSPS) is 21.1. The first-order chi connectivity index (χ1) is 8.25. The number of hydrogen-bond donors (Lipinski definition) is 0. The molecule has 1 saturated carbocycles. The summed E-state index contributed by atoms with van der Waals surface area (Å²) in [5, 5.41) is 2.12. The molecule has 0 amide bonds. The molecule has 0 aromatic carbocycles. The summed E-state index contributed by atoms with van der Waals surface area (Å²) in [6.07, 6.45) is 5.35. The molecule has 2 rings (SSSR count). The van der Waals surface area contributed by atoms with E-state index in [0.717, 1.165) is 38.8 Å². The summed E-state index contributed by atoms with van der Waals surface area (Å²) in [5.41, 5.74) is 0. The van der Waals surface area contributed by atoms with Crippen molar-refractivity contribution in [2.45, 2.75) is 32.1 Å². The van der Waals surface area contributed by atoms with E-state index in [2.05, 4.69) is 29.5 Å². The van der Waals surface area contributed by atoms with Crippen LogP contribution in [0.15, 0.2) is 17.5 Å². The van der Waals surface area contributed by atoms with Crippen LogP contribution in [0.1, 0.15) is 30.6 Å². The van der Waals surface area contributed by atoms with Gasteiger partial charge in [-0.05, 0) is 37.8 Å². The molecule has 0 spiro atoms. The average molecular weight is 251 g/mol. The fourth-order valence-corrected chi connectivity index (χ4v) is 3.17. The molecular weight excluding hydrogens is 230 g/mol. The number of carbonyl (C=O) groups is 1. The molecule has 1 atom stereocenters. The molecule has 1 heterocycles. The van der Waals surface area contributed by atoms with Crippen molar-refractivity contribution in [3.05, 3.63) is 22.4 Å². The lowest BCUT2D eigenvalue weighted by molar-refractivity contribution is -0.125. The Kier molecular flexibility index (Phi) is 4.75. The molecule has 94 valence electrons. The monoisotopic (exact) mass is 251 g/mol. The van der Waals surface area contributed by atoms with Crippen molar-refractivity contribution >= 4 is 17.1 Å². The first kappa shape index (κ1) is 12.8. The van der Waals surface area contributed by atoms with Crippen LogP contribution in [0.2, 0.25) is 0 Å². The zero-order chi connectivity index (χ0) is 12.1. The Morgan fingerprint density at radius 1 is 1.47 bits per heavy atom. The topological polar surface area (TPSA) is 20.3 Å². The van der Waals surface area contributed by atoms with E-state index in [4.69, 9.17) is 0 Å². The number of ketones is 1. The highest BCUT2D eigenvalue weighted by molar-refractivity contribution is 7.09. The third-order valence-electron chi connectivity index (χ3n) is 3.53. The van der Waals surface area contributed by atoms with E-state index in [-0.39, 0.29) is 0 Å². The van der Waals surface area contributed by atoms with Crippen LogP contribution in [0, 0.1) is 5.92 Å². The molecule has 2 nitrogen and oxygen atoms in total. The summed E-state index contributed by atoms with van der Waals surface area (Å²) in [5.74, 6) is 0.788. The number of carbonyl (C=O) groups excluding carboxylic acids is 1. The van der Waals surface area contributed by atoms with Crippen LogP contribution in [0.3, 0.4) is 0 Å². The van der Waals surface area contributed by atoms with Crippen molar-refractivity contribution in [1.82, 2.24) is 4.90 Å². The summed E-state index contributed by atoms with van der Waals surface area (Å²) >= 11 is 1.82. The molecule has 1 unspecified atom stereocenters. The van der Waals surface area contributed by atoms with Crippen molar-refractivity contribution in [3.8, 4) is 0 Å². The SMILES string of the molecule is CN(CCc1cccs1)CC1CCCCC1=O. The molecule has 17 heavy (non-hydrogen) atoms. The van der Waals surface area contributed by atoms with E-state index in [1.807, 2.05) is 11.3 Å². The van der Waals surface area contributed by atoms with Gasteiger partial charge in [0, 0.05) is 30.3 Å². The van der Waals surface area contributed by atoms with Crippen LogP contribution in [0.25, 0.3) is 0 Å². The minimum absolute atomic E-state index is 0.303. The second-order valence-electron chi connectivity index (χ2n) is 5.00. The molecule has 0 saturated heterocycles. The molecule has 1 aromatic rings. The van der Waals surface area contributed by atoms with Crippen molar-refractivity contribution in [2.24, 2.45) is 5.92 Å². The summed E-state index contributed by atoms with van der Waals surface area (Å²) in [6, 6.07) is 4.29. The van der Waals surface area contributed by atoms with Gasteiger partial charge < -0.3 is 4.90 Å². The van der Waals surface area contributed by atoms with Gasteiger partial charge in [0.2, 0.25) is 0 Å². The summed E-state index contributed by atoms with van der Waals surface area (Å²) in [4.78, 5) is 15.5. The maximum atomic E-state index is 11.7. The van der Waals surface area contributed by atoms with Crippen LogP contribution in [-0.2, 0) is 11.2 Å². The number of likely N-dealkylation sites (N-methyl/N-ethyl adjacent to an activating group) is 1. The predicted octanol–water partition coefficient (Wildman–Crippen LogP) is 2.98. The van der Waals surface area contributed by atoms with Crippen molar-refractivity contribution < 1.29 is 4.79 Å². The standard InChI is InChI=1S/C14H21NOS/c1-15(9-8-13-6-4-10-17-13)11-12-5-2-3-7-14(12)16/h4,6,10,12H,2-3,5,7-9,11H2,1H3. The molecule has 0 N–H and O–H groups in total. The molecule has 3 heteroatoms. The van der Waals surface area contributed by atoms with Gasteiger partial charge in [0.15, 0.2) is 0 Å². The van der Waals surface area contributed by atoms with Gasteiger partial charge in [-0.25, -0.2) is 0 Å². The van der Waals surface area contributed by atoms with E-state index >= 15 is 0 Å². The van der Waals surface area contributed by atoms with Crippen LogP contribution < -0.4 is 0 Å². The third-order valence-corrected chi connectivity index (χ3v) is 4.47. The molecule has 1 aliphatic rings. The number of thiophene rings is 1. The van der Waals surface area contributed by atoms with Gasteiger partial charge in [0.05, 0.1) is 0 Å².